The number of nitrogens with one attached hydrogen (secondary N) is 1. The lowest BCUT2D eigenvalue weighted by Crippen LogP contribution is -2.44. The molecule has 0 radical (unpaired) electrons. The van der Waals surface area contributed by atoms with Gasteiger partial charge in [-0.05, 0) is 25.8 Å². The molecule has 3 rings (SSSR count). The fraction of sp³-hybridized carbons (Fsp3) is 0.867. The number of hydrogen-bond donors (Lipinski definition) is 1. The van der Waals surface area contributed by atoms with E-state index in [0.29, 0.717) is 0 Å². The number of nitrogens with zero attached hydrogens (tertiary/aromatic N) is 3. The van der Waals surface area contributed by atoms with E-state index in [2.05, 4.69) is 27.4 Å². The summed E-state index contributed by atoms with van der Waals surface area (Å²) in [5, 5.41) is 7.61. The van der Waals surface area contributed by atoms with E-state index in [1.165, 1.54) is 38.5 Å². The Morgan fingerprint density at radius 2 is 2.05 bits per heavy atom. The van der Waals surface area contributed by atoms with Crippen molar-refractivity contribution in [1.29, 1.82) is 0 Å². The molecule has 20 heavy (non-hydrogen) atoms. The number of likely N-dealkylation sites (N-methyl/N-ethyl adjacent to an activating group) is 1. The molecule has 2 fully saturated rings. The van der Waals surface area contributed by atoms with Crippen LogP contribution in [-0.4, -0.2) is 41.7 Å². The smallest absolute Gasteiger partial charge is 0.226 e. The van der Waals surface area contributed by atoms with Crippen molar-refractivity contribution >= 4 is 0 Å². The van der Waals surface area contributed by atoms with Crippen molar-refractivity contribution in [1.82, 2.24) is 20.4 Å². The van der Waals surface area contributed by atoms with Crippen molar-refractivity contribution in [2.45, 2.75) is 51.0 Å². The Balaban J connectivity index is 1.61. The Labute approximate surface area is 121 Å². The van der Waals surface area contributed by atoms with Gasteiger partial charge in [-0.15, -0.1) is 0 Å². The standard InChI is InChI=1S/C15H26N4O/c1-19-9-8-16-11-13(19)15-17-14(20-18-15)10-12-6-4-2-3-5-7-12/h12-13,16H,2-11H2,1H3. The zero-order valence-corrected chi connectivity index (χ0v) is 12.5. The van der Waals surface area contributed by atoms with Gasteiger partial charge in [0.2, 0.25) is 5.89 Å². The topological polar surface area (TPSA) is 54.2 Å². The van der Waals surface area contributed by atoms with Gasteiger partial charge >= 0.3 is 0 Å². The summed E-state index contributed by atoms with van der Waals surface area (Å²) in [6, 6.07) is 0.260. The predicted octanol–water partition coefficient (Wildman–Crippen LogP) is 2.16. The molecular formula is C15H26N4O. The summed E-state index contributed by atoms with van der Waals surface area (Å²) in [5.41, 5.74) is 0. The molecule has 5 nitrogen and oxygen atoms in total. The Bertz CT molecular complexity index is 412. The van der Waals surface area contributed by atoms with Gasteiger partial charge in [-0.25, -0.2) is 0 Å². The normalized spacial score (nSPS) is 26.6. The summed E-state index contributed by atoms with van der Waals surface area (Å²) < 4.78 is 5.49. The lowest BCUT2D eigenvalue weighted by Gasteiger charge is -2.30. The minimum atomic E-state index is 0.260. The fourth-order valence-electron chi connectivity index (χ4n) is 3.40. The number of hydrogen-bond acceptors (Lipinski definition) is 5. The zero-order chi connectivity index (χ0) is 13.8. The van der Waals surface area contributed by atoms with Gasteiger partial charge < -0.3 is 9.84 Å². The maximum absolute atomic E-state index is 5.49. The summed E-state index contributed by atoms with van der Waals surface area (Å²) in [6.07, 6.45) is 9.12. The van der Waals surface area contributed by atoms with Gasteiger partial charge in [-0.3, -0.25) is 4.90 Å². The molecule has 0 aromatic carbocycles. The van der Waals surface area contributed by atoms with Gasteiger partial charge in [0.25, 0.3) is 0 Å². The Morgan fingerprint density at radius 3 is 2.80 bits per heavy atom. The van der Waals surface area contributed by atoms with Crippen molar-refractivity contribution < 1.29 is 4.52 Å². The molecule has 1 saturated carbocycles. The first-order valence-corrected chi connectivity index (χ1v) is 8.06. The van der Waals surface area contributed by atoms with E-state index in [9.17, 15) is 0 Å². The second-order valence-corrected chi connectivity index (χ2v) is 6.31. The predicted molar refractivity (Wildman–Crippen MR) is 77.4 cm³/mol. The maximum atomic E-state index is 5.49. The van der Waals surface area contributed by atoms with Gasteiger partial charge in [0.15, 0.2) is 5.82 Å². The largest absolute Gasteiger partial charge is 0.339 e. The molecule has 0 spiro atoms. The molecule has 1 N–H and O–H groups in total. The highest BCUT2D eigenvalue weighted by atomic mass is 16.5. The average molecular weight is 278 g/mol. The molecule has 1 aromatic heterocycles. The van der Waals surface area contributed by atoms with Crippen LogP contribution in [-0.2, 0) is 6.42 Å². The molecule has 5 heteroatoms. The van der Waals surface area contributed by atoms with Gasteiger partial charge in [-0.2, -0.15) is 4.98 Å². The van der Waals surface area contributed by atoms with Crippen LogP contribution in [0.4, 0.5) is 0 Å². The van der Waals surface area contributed by atoms with Gasteiger partial charge in [0.05, 0.1) is 6.04 Å². The van der Waals surface area contributed by atoms with E-state index in [0.717, 1.165) is 43.7 Å². The van der Waals surface area contributed by atoms with Crippen molar-refractivity contribution in [3.63, 3.8) is 0 Å². The molecule has 0 amide bonds. The second-order valence-electron chi connectivity index (χ2n) is 6.31. The van der Waals surface area contributed by atoms with Crippen LogP contribution in [0.1, 0.15) is 56.3 Å². The summed E-state index contributed by atoms with van der Waals surface area (Å²) in [5.74, 6) is 2.43. The van der Waals surface area contributed by atoms with Crippen LogP contribution in [0, 0.1) is 5.92 Å². The average Bonchev–Trinajstić information content (AvgIpc) is 2.75. The van der Waals surface area contributed by atoms with Crippen LogP contribution in [0.25, 0.3) is 0 Å². The minimum absolute atomic E-state index is 0.260. The summed E-state index contributed by atoms with van der Waals surface area (Å²) in [4.78, 5) is 6.95. The van der Waals surface area contributed by atoms with Gasteiger partial charge in [0, 0.05) is 26.1 Å². The highest BCUT2D eigenvalue weighted by molar-refractivity contribution is 4.98. The Kier molecular flexibility index (Phi) is 4.68. The highest BCUT2D eigenvalue weighted by Gasteiger charge is 2.26. The minimum Gasteiger partial charge on any atom is -0.339 e. The first-order valence-electron chi connectivity index (χ1n) is 8.06. The zero-order valence-electron chi connectivity index (χ0n) is 12.5. The van der Waals surface area contributed by atoms with Crippen LogP contribution >= 0.6 is 0 Å². The molecule has 112 valence electrons. The van der Waals surface area contributed by atoms with E-state index in [1.807, 2.05) is 0 Å². The van der Waals surface area contributed by atoms with Crippen LogP contribution in [0.5, 0.6) is 0 Å². The van der Waals surface area contributed by atoms with Crippen molar-refractivity contribution in [3.05, 3.63) is 11.7 Å². The van der Waals surface area contributed by atoms with Crippen LogP contribution in [0.15, 0.2) is 4.52 Å². The van der Waals surface area contributed by atoms with Crippen molar-refractivity contribution in [3.8, 4) is 0 Å². The molecule has 1 aromatic rings. The molecule has 1 atom stereocenters. The summed E-state index contributed by atoms with van der Waals surface area (Å²) in [7, 11) is 2.13. The third kappa shape index (κ3) is 3.38. The summed E-state index contributed by atoms with van der Waals surface area (Å²) >= 11 is 0. The molecule has 0 bridgehead atoms. The third-order valence-corrected chi connectivity index (χ3v) is 4.73. The monoisotopic (exact) mass is 278 g/mol. The molecule has 1 aliphatic heterocycles. The first kappa shape index (κ1) is 14.0. The van der Waals surface area contributed by atoms with Crippen molar-refractivity contribution in [2.24, 2.45) is 5.92 Å². The Morgan fingerprint density at radius 1 is 1.25 bits per heavy atom. The molecular weight excluding hydrogens is 252 g/mol. The molecule has 2 aliphatic rings. The van der Waals surface area contributed by atoms with Crippen LogP contribution in [0.2, 0.25) is 0 Å². The van der Waals surface area contributed by atoms with E-state index in [1.54, 1.807) is 0 Å². The highest BCUT2D eigenvalue weighted by Crippen LogP contribution is 2.26. The van der Waals surface area contributed by atoms with E-state index in [-0.39, 0.29) is 6.04 Å². The third-order valence-electron chi connectivity index (χ3n) is 4.73. The van der Waals surface area contributed by atoms with E-state index >= 15 is 0 Å². The number of piperazine rings is 1. The molecule has 2 heterocycles. The van der Waals surface area contributed by atoms with Gasteiger partial charge in [0.1, 0.15) is 0 Å². The number of rotatable bonds is 3. The maximum Gasteiger partial charge on any atom is 0.226 e. The molecule has 1 aliphatic carbocycles. The number of aromatic nitrogens is 2. The first-order chi connectivity index (χ1) is 9.83. The fourth-order valence-corrected chi connectivity index (χ4v) is 3.40. The molecule has 1 saturated heterocycles. The van der Waals surface area contributed by atoms with Crippen molar-refractivity contribution in [2.75, 3.05) is 26.7 Å². The SMILES string of the molecule is CN1CCNCC1c1noc(CC2CCCCCC2)n1. The summed E-state index contributed by atoms with van der Waals surface area (Å²) in [6.45, 7) is 3.00. The second kappa shape index (κ2) is 6.68. The van der Waals surface area contributed by atoms with Gasteiger partial charge in [-0.1, -0.05) is 30.8 Å². The lowest BCUT2D eigenvalue weighted by molar-refractivity contribution is 0.190. The van der Waals surface area contributed by atoms with Crippen LogP contribution in [0.3, 0.4) is 0 Å². The Hall–Kier alpha value is -0.940. The van der Waals surface area contributed by atoms with Crippen LogP contribution < -0.4 is 5.32 Å². The quantitative estimate of drug-likeness (QED) is 0.859. The van der Waals surface area contributed by atoms with E-state index in [4.69, 9.17) is 4.52 Å². The lowest BCUT2D eigenvalue weighted by atomic mass is 9.97. The molecule has 1 unspecified atom stereocenters. The van der Waals surface area contributed by atoms with E-state index < -0.39 is 0 Å².